The molecule has 0 atom stereocenters. The van der Waals surface area contributed by atoms with Gasteiger partial charge in [0.1, 0.15) is 5.75 Å². The second kappa shape index (κ2) is 6.86. The molecule has 0 aliphatic heterocycles. The predicted octanol–water partition coefficient (Wildman–Crippen LogP) is 1.48. The lowest BCUT2D eigenvalue weighted by Crippen LogP contribution is -2.18. The summed E-state index contributed by atoms with van der Waals surface area (Å²) in [5, 5.41) is 11.1. The summed E-state index contributed by atoms with van der Waals surface area (Å²) in [6, 6.07) is 7.48. The molecule has 0 aliphatic rings. The molecule has 0 unspecified atom stereocenters. The van der Waals surface area contributed by atoms with Crippen LogP contribution in [0.15, 0.2) is 28.7 Å². The first-order valence-electron chi connectivity index (χ1n) is 6.00. The van der Waals surface area contributed by atoms with E-state index >= 15 is 0 Å². The third-order valence-electron chi connectivity index (χ3n) is 2.56. The van der Waals surface area contributed by atoms with Gasteiger partial charge in [-0.05, 0) is 24.3 Å². The van der Waals surface area contributed by atoms with E-state index in [1.54, 1.807) is 14.2 Å². The molecule has 0 saturated heterocycles. The van der Waals surface area contributed by atoms with Crippen LogP contribution in [0.3, 0.4) is 0 Å². The molecule has 0 amide bonds. The van der Waals surface area contributed by atoms with E-state index in [1.165, 1.54) is 0 Å². The summed E-state index contributed by atoms with van der Waals surface area (Å²) in [6.45, 7) is 1.93. The van der Waals surface area contributed by atoms with E-state index in [0.29, 0.717) is 24.9 Å². The topological polar surface area (TPSA) is 69.4 Å². The van der Waals surface area contributed by atoms with E-state index in [2.05, 4.69) is 15.5 Å². The molecule has 0 fully saturated rings. The Kier molecular flexibility index (Phi) is 4.88. The fourth-order valence-electron chi connectivity index (χ4n) is 1.54. The van der Waals surface area contributed by atoms with Gasteiger partial charge in [0, 0.05) is 19.2 Å². The van der Waals surface area contributed by atoms with E-state index in [9.17, 15) is 0 Å². The second-order valence-electron chi connectivity index (χ2n) is 3.90. The Morgan fingerprint density at radius 1 is 1.16 bits per heavy atom. The van der Waals surface area contributed by atoms with Gasteiger partial charge in [0.2, 0.25) is 11.8 Å². The highest BCUT2D eigenvalue weighted by Crippen LogP contribution is 2.20. The maximum atomic E-state index is 5.56. The molecule has 1 N–H and O–H groups in total. The van der Waals surface area contributed by atoms with E-state index in [1.807, 2.05) is 24.3 Å². The molecule has 0 radical (unpaired) electrons. The maximum Gasteiger partial charge on any atom is 0.247 e. The van der Waals surface area contributed by atoms with Gasteiger partial charge in [-0.3, -0.25) is 0 Å². The van der Waals surface area contributed by atoms with Gasteiger partial charge in [0.15, 0.2) is 0 Å². The first-order valence-corrected chi connectivity index (χ1v) is 6.00. The smallest absolute Gasteiger partial charge is 0.247 e. The molecular weight excluding hydrogens is 246 g/mol. The van der Waals surface area contributed by atoms with Crippen LogP contribution in [0.2, 0.25) is 0 Å². The van der Waals surface area contributed by atoms with E-state index in [-0.39, 0.29) is 0 Å². The van der Waals surface area contributed by atoms with E-state index in [4.69, 9.17) is 13.9 Å². The number of rotatable bonds is 7. The van der Waals surface area contributed by atoms with Gasteiger partial charge in [-0.15, -0.1) is 10.2 Å². The number of aromatic nitrogens is 2. The van der Waals surface area contributed by atoms with Crippen LogP contribution >= 0.6 is 0 Å². The maximum absolute atomic E-state index is 5.56. The average Bonchev–Trinajstić information content (AvgIpc) is 2.92. The third-order valence-corrected chi connectivity index (χ3v) is 2.56. The fraction of sp³-hybridized carbons (Fsp3) is 0.385. The van der Waals surface area contributed by atoms with E-state index in [0.717, 1.165) is 17.9 Å². The lowest BCUT2D eigenvalue weighted by atomic mass is 10.2. The van der Waals surface area contributed by atoms with Crippen LogP contribution in [0.4, 0.5) is 0 Å². The van der Waals surface area contributed by atoms with Crippen molar-refractivity contribution >= 4 is 0 Å². The number of nitrogens with zero attached hydrogens (tertiary/aromatic N) is 2. The van der Waals surface area contributed by atoms with Crippen LogP contribution in [0.1, 0.15) is 5.89 Å². The molecular formula is C13H17N3O3. The highest BCUT2D eigenvalue weighted by Gasteiger charge is 2.08. The third kappa shape index (κ3) is 3.77. The van der Waals surface area contributed by atoms with Crippen molar-refractivity contribution in [3.63, 3.8) is 0 Å². The molecule has 1 aromatic heterocycles. The van der Waals surface area contributed by atoms with Crippen molar-refractivity contribution in [1.82, 2.24) is 15.5 Å². The van der Waals surface area contributed by atoms with Gasteiger partial charge in [0.05, 0.1) is 20.3 Å². The zero-order valence-corrected chi connectivity index (χ0v) is 11.0. The van der Waals surface area contributed by atoms with Crippen LogP contribution in [-0.2, 0) is 11.3 Å². The monoisotopic (exact) mass is 263 g/mol. The summed E-state index contributed by atoms with van der Waals surface area (Å²) < 4.78 is 15.6. The normalized spacial score (nSPS) is 10.6. The summed E-state index contributed by atoms with van der Waals surface area (Å²) in [5.41, 5.74) is 0.872. The van der Waals surface area contributed by atoms with Gasteiger partial charge < -0.3 is 19.2 Å². The lowest BCUT2D eigenvalue weighted by Gasteiger charge is -2.00. The quantitative estimate of drug-likeness (QED) is 0.763. The number of benzene rings is 1. The minimum absolute atomic E-state index is 0.506. The highest BCUT2D eigenvalue weighted by atomic mass is 16.5. The molecule has 6 nitrogen and oxygen atoms in total. The summed E-state index contributed by atoms with van der Waals surface area (Å²) in [7, 11) is 3.29. The van der Waals surface area contributed by atoms with Crippen molar-refractivity contribution in [3.8, 4) is 17.2 Å². The van der Waals surface area contributed by atoms with Crippen molar-refractivity contribution in [1.29, 1.82) is 0 Å². The van der Waals surface area contributed by atoms with Crippen molar-refractivity contribution < 1.29 is 13.9 Å². The van der Waals surface area contributed by atoms with Crippen LogP contribution in [0.5, 0.6) is 5.75 Å². The Labute approximate surface area is 111 Å². The Bertz CT molecular complexity index is 496. The Balaban J connectivity index is 1.95. The molecule has 102 valence electrons. The Hall–Kier alpha value is -1.92. The van der Waals surface area contributed by atoms with Gasteiger partial charge in [0.25, 0.3) is 0 Å². The van der Waals surface area contributed by atoms with Gasteiger partial charge in [-0.1, -0.05) is 0 Å². The summed E-state index contributed by atoms with van der Waals surface area (Å²) in [4.78, 5) is 0. The number of nitrogens with one attached hydrogen (secondary N) is 1. The SMILES string of the molecule is COCCNCc1nnc(-c2ccc(OC)cc2)o1. The summed E-state index contributed by atoms with van der Waals surface area (Å²) in [6.07, 6.45) is 0. The van der Waals surface area contributed by atoms with Crippen molar-refractivity contribution in [2.75, 3.05) is 27.4 Å². The molecule has 0 bridgehead atoms. The zero-order chi connectivity index (χ0) is 13.5. The van der Waals surface area contributed by atoms with E-state index < -0.39 is 0 Å². The van der Waals surface area contributed by atoms with Crippen LogP contribution in [0, 0.1) is 0 Å². The molecule has 1 heterocycles. The molecule has 6 heteroatoms. The van der Waals surface area contributed by atoms with Crippen molar-refractivity contribution in [2.24, 2.45) is 0 Å². The summed E-state index contributed by atoms with van der Waals surface area (Å²) >= 11 is 0. The molecule has 1 aromatic carbocycles. The molecule has 0 aliphatic carbocycles. The van der Waals surface area contributed by atoms with Crippen molar-refractivity contribution in [2.45, 2.75) is 6.54 Å². The minimum atomic E-state index is 0.506. The minimum Gasteiger partial charge on any atom is -0.497 e. The van der Waals surface area contributed by atoms with Gasteiger partial charge in [-0.25, -0.2) is 0 Å². The number of hydrogen-bond donors (Lipinski definition) is 1. The molecule has 2 rings (SSSR count). The van der Waals surface area contributed by atoms with Gasteiger partial charge in [-0.2, -0.15) is 0 Å². The molecule has 19 heavy (non-hydrogen) atoms. The number of methoxy groups -OCH3 is 2. The lowest BCUT2D eigenvalue weighted by molar-refractivity contribution is 0.198. The molecule has 0 spiro atoms. The number of hydrogen-bond acceptors (Lipinski definition) is 6. The Morgan fingerprint density at radius 3 is 2.63 bits per heavy atom. The zero-order valence-electron chi connectivity index (χ0n) is 11.0. The first kappa shape index (κ1) is 13.5. The van der Waals surface area contributed by atoms with Crippen molar-refractivity contribution in [3.05, 3.63) is 30.2 Å². The average molecular weight is 263 g/mol. The van der Waals surface area contributed by atoms with Crippen LogP contribution in [-0.4, -0.2) is 37.6 Å². The van der Waals surface area contributed by atoms with Crippen LogP contribution in [0.25, 0.3) is 11.5 Å². The number of ether oxygens (including phenoxy) is 2. The molecule has 2 aromatic rings. The first-order chi connectivity index (χ1) is 9.33. The van der Waals surface area contributed by atoms with Gasteiger partial charge >= 0.3 is 0 Å². The van der Waals surface area contributed by atoms with Crippen LogP contribution < -0.4 is 10.1 Å². The highest BCUT2D eigenvalue weighted by molar-refractivity contribution is 5.53. The standard InChI is InChI=1S/C13H17N3O3/c1-17-8-7-14-9-12-15-16-13(19-12)10-3-5-11(18-2)6-4-10/h3-6,14H,7-9H2,1-2H3. The molecule has 0 saturated carbocycles. The second-order valence-corrected chi connectivity index (χ2v) is 3.90. The predicted molar refractivity (Wildman–Crippen MR) is 69.9 cm³/mol. The summed E-state index contributed by atoms with van der Waals surface area (Å²) in [5.74, 6) is 1.86. The largest absolute Gasteiger partial charge is 0.497 e. The fourth-order valence-corrected chi connectivity index (χ4v) is 1.54. The Morgan fingerprint density at radius 2 is 1.95 bits per heavy atom.